The molecule has 1 aromatic carbocycles. The molecule has 152 valence electrons. The van der Waals surface area contributed by atoms with E-state index in [1.165, 1.54) is 0 Å². The zero-order valence-corrected chi connectivity index (χ0v) is 16.8. The smallest absolute Gasteiger partial charge is 0.251 e. The Morgan fingerprint density at radius 1 is 1.25 bits per heavy atom. The van der Waals surface area contributed by atoms with Gasteiger partial charge in [0, 0.05) is 37.8 Å². The van der Waals surface area contributed by atoms with E-state index in [0.29, 0.717) is 18.2 Å². The Labute approximate surface area is 169 Å². The third kappa shape index (κ3) is 5.00. The van der Waals surface area contributed by atoms with Crippen LogP contribution in [0.25, 0.3) is 10.2 Å². The van der Waals surface area contributed by atoms with Gasteiger partial charge in [-0.05, 0) is 43.9 Å². The van der Waals surface area contributed by atoms with E-state index in [0.717, 1.165) is 73.9 Å². The second-order valence-electron chi connectivity index (χ2n) is 7.56. The third-order valence-electron chi connectivity index (χ3n) is 5.49. The number of nitrogens with one attached hydrogen (secondary N) is 2. The first-order valence-electron chi connectivity index (χ1n) is 10.1. The van der Waals surface area contributed by atoms with Gasteiger partial charge in [0.05, 0.1) is 29.5 Å². The van der Waals surface area contributed by atoms with Crippen LogP contribution in [-0.4, -0.2) is 72.4 Å². The number of morpholine rings is 1. The molecule has 28 heavy (non-hydrogen) atoms. The number of hydrogen-bond donors (Lipinski definition) is 3. The van der Waals surface area contributed by atoms with Gasteiger partial charge in [-0.1, -0.05) is 11.3 Å². The van der Waals surface area contributed by atoms with Gasteiger partial charge in [-0.3, -0.25) is 9.69 Å². The number of carbonyl (C=O) groups is 1. The molecular formula is C20H28N4O3S. The number of ether oxygens (including phenoxy) is 1. The predicted octanol–water partition coefficient (Wildman–Crippen LogP) is 2.07. The van der Waals surface area contributed by atoms with Gasteiger partial charge < -0.3 is 20.5 Å². The van der Waals surface area contributed by atoms with E-state index in [-0.39, 0.29) is 12.0 Å². The second kappa shape index (κ2) is 9.17. The molecule has 7 nitrogen and oxygen atoms in total. The standard InChI is InChI=1S/C20H28N4O3S/c25-16-4-2-15(3-5-16)22-20-23-17-6-1-14(13-18(17)28-20)19(26)21-7-8-24-9-11-27-12-10-24/h1,6,13,15-16,25H,2-5,7-12H2,(H,21,26)(H,22,23). The van der Waals surface area contributed by atoms with Gasteiger partial charge in [0.1, 0.15) is 0 Å². The van der Waals surface area contributed by atoms with E-state index in [1.807, 2.05) is 18.2 Å². The average molecular weight is 405 g/mol. The highest BCUT2D eigenvalue weighted by molar-refractivity contribution is 7.22. The van der Waals surface area contributed by atoms with Crippen molar-refractivity contribution in [3.8, 4) is 0 Å². The van der Waals surface area contributed by atoms with Crippen LogP contribution in [0, 0.1) is 0 Å². The quantitative estimate of drug-likeness (QED) is 0.683. The molecule has 1 amide bonds. The van der Waals surface area contributed by atoms with Gasteiger partial charge in [0.2, 0.25) is 0 Å². The second-order valence-corrected chi connectivity index (χ2v) is 8.59. The van der Waals surface area contributed by atoms with Crippen LogP contribution in [0.3, 0.4) is 0 Å². The molecule has 0 atom stereocenters. The molecule has 3 N–H and O–H groups in total. The molecule has 2 aromatic rings. The molecule has 2 heterocycles. The number of benzene rings is 1. The van der Waals surface area contributed by atoms with Crippen LogP contribution in [0.5, 0.6) is 0 Å². The highest BCUT2D eigenvalue weighted by atomic mass is 32.1. The minimum absolute atomic E-state index is 0.0423. The Balaban J connectivity index is 1.32. The number of anilines is 1. The number of hydrogen-bond acceptors (Lipinski definition) is 7. The van der Waals surface area contributed by atoms with Crippen molar-refractivity contribution >= 4 is 32.6 Å². The van der Waals surface area contributed by atoms with Crippen molar-refractivity contribution in [2.45, 2.75) is 37.8 Å². The van der Waals surface area contributed by atoms with Crippen LogP contribution in [0.1, 0.15) is 36.0 Å². The molecule has 0 bridgehead atoms. The van der Waals surface area contributed by atoms with E-state index in [4.69, 9.17) is 4.74 Å². The van der Waals surface area contributed by atoms with Gasteiger partial charge >= 0.3 is 0 Å². The number of nitrogens with zero attached hydrogens (tertiary/aromatic N) is 2. The van der Waals surface area contributed by atoms with Crippen molar-refractivity contribution in [2.75, 3.05) is 44.7 Å². The maximum atomic E-state index is 12.5. The normalized spacial score (nSPS) is 23.6. The zero-order valence-electron chi connectivity index (χ0n) is 16.0. The van der Waals surface area contributed by atoms with Crippen LogP contribution in [0.2, 0.25) is 0 Å². The van der Waals surface area contributed by atoms with Gasteiger partial charge in [0.25, 0.3) is 5.91 Å². The summed E-state index contributed by atoms with van der Waals surface area (Å²) in [5, 5.41) is 17.0. The van der Waals surface area contributed by atoms with Crippen molar-refractivity contribution in [1.29, 1.82) is 0 Å². The molecule has 2 aliphatic rings. The lowest BCUT2D eigenvalue weighted by Gasteiger charge is -2.26. The van der Waals surface area contributed by atoms with Crippen LogP contribution in [0.15, 0.2) is 18.2 Å². The van der Waals surface area contributed by atoms with E-state index in [2.05, 4.69) is 20.5 Å². The summed E-state index contributed by atoms with van der Waals surface area (Å²) in [5.41, 5.74) is 1.58. The number of carbonyl (C=O) groups excluding carboxylic acids is 1. The average Bonchev–Trinajstić information content (AvgIpc) is 3.12. The monoisotopic (exact) mass is 404 g/mol. The summed E-state index contributed by atoms with van der Waals surface area (Å²) in [4.78, 5) is 19.4. The number of aliphatic hydroxyl groups is 1. The summed E-state index contributed by atoms with van der Waals surface area (Å²) in [5.74, 6) is -0.0423. The first-order chi connectivity index (χ1) is 13.7. The Kier molecular flexibility index (Phi) is 6.41. The lowest BCUT2D eigenvalue weighted by Crippen LogP contribution is -2.41. The van der Waals surface area contributed by atoms with Crippen LogP contribution in [0.4, 0.5) is 5.13 Å². The molecule has 1 aromatic heterocycles. The fourth-order valence-electron chi connectivity index (χ4n) is 3.78. The number of fused-ring (bicyclic) bond motifs is 1. The zero-order chi connectivity index (χ0) is 19.3. The lowest BCUT2D eigenvalue weighted by molar-refractivity contribution is 0.0383. The molecule has 1 aliphatic carbocycles. The van der Waals surface area contributed by atoms with Crippen LogP contribution >= 0.6 is 11.3 Å². The summed E-state index contributed by atoms with van der Waals surface area (Å²) in [6.07, 6.45) is 3.47. The molecule has 0 radical (unpaired) electrons. The summed E-state index contributed by atoms with van der Waals surface area (Å²) in [6, 6.07) is 6.05. The number of aliphatic hydroxyl groups excluding tert-OH is 1. The van der Waals surface area contributed by atoms with Gasteiger partial charge in [-0.2, -0.15) is 0 Å². The largest absolute Gasteiger partial charge is 0.393 e. The number of amides is 1. The molecule has 1 saturated heterocycles. The summed E-state index contributed by atoms with van der Waals surface area (Å²) in [6.45, 7) is 4.89. The summed E-state index contributed by atoms with van der Waals surface area (Å²) < 4.78 is 6.35. The van der Waals surface area contributed by atoms with Gasteiger partial charge in [0.15, 0.2) is 5.13 Å². The summed E-state index contributed by atoms with van der Waals surface area (Å²) in [7, 11) is 0. The van der Waals surface area contributed by atoms with Crippen LogP contribution in [-0.2, 0) is 4.74 Å². The fourth-order valence-corrected chi connectivity index (χ4v) is 4.76. The third-order valence-corrected chi connectivity index (χ3v) is 6.44. The first-order valence-corrected chi connectivity index (χ1v) is 10.9. The molecule has 8 heteroatoms. The maximum absolute atomic E-state index is 12.5. The van der Waals surface area contributed by atoms with Crippen LogP contribution < -0.4 is 10.6 Å². The lowest BCUT2D eigenvalue weighted by atomic mass is 9.93. The van der Waals surface area contributed by atoms with Gasteiger partial charge in [-0.15, -0.1) is 0 Å². The number of aromatic nitrogens is 1. The number of rotatable bonds is 6. The molecule has 1 aliphatic heterocycles. The molecule has 0 spiro atoms. The van der Waals surface area contributed by atoms with Crippen molar-refractivity contribution in [2.24, 2.45) is 0 Å². The minimum atomic E-state index is -0.155. The van der Waals surface area contributed by atoms with Crippen molar-refractivity contribution in [3.05, 3.63) is 23.8 Å². The first kappa shape index (κ1) is 19.6. The van der Waals surface area contributed by atoms with E-state index in [1.54, 1.807) is 11.3 Å². The van der Waals surface area contributed by atoms with Crippen molar-refractivity contribution in [1.82, 2.24) is 15.2 Å². The van der Waals surface area contributed by atoms with E-state index < -0.39 is 0 Å². The molecule has 2 fully saturated rings. The van der Waals surface area contributed by atoms with E-state index in [9.17, 15) is 9.90 Å². The predicted molar refractivity (Wildman–Crippen MR) is 111 cm³/mol. The number of thiazole rings is 1. The highest BCUT2D eigenvalue weighted by Crippen LogP contribution is 2.29. The topological polar surface area (TPSA) is 86.7 Å². The van der Waals surface area contributed by atoms with Crippen molar-refractivity contribution < 1.29 is 14.6 Å². The fraction of sp³-hybridized carbons (Fsp3) is 0.600. The molecule has 4 rings (SSSR count). The van der Waals surface area contributed by atoms with Gasteiger partial charge in [-0.25, -0.2) is 4.98 Å². The SMILES string of the molecule is O=C(NCCN1CCOCC1)c1ccc2nc(NC3CCC(O)CC3)sc2c1. The Morgan fingerprint density at radius 3 is 2.82 bits per heavy atom. The molecule has 0 unspecified atom stereocenters. The van der Waals surface area contributed by atoms with E-state index >= 15 is 0 Å². The van der Waals surface area contributed by atoms with Crippen molar-refractivity contribution in [3.63, 3.8) is 0 Å². The minimum Gasteiger partial charge on any atom is -0.393 e. The summed E-state index contributed by atoms with van der Waals surface area (Å²) >= 11 is 1.58. The Morgan fingerprint density at radius 2 is 2.04 bits per heavy atom. The molecule has 1 saturated carbocycles. The maximum Gasteiger partial charge on any atom is 0.251 e. The Bertz CT molecular complexity index is 798. The molecular weight excluding hydrogens is 376 g/mol. The Hall–Kier alpha value is -1.74. The highest BCUT2D eigenvalue weighted by Gasteiger charge is 2.20.